The van der Waals surface area contributed by atoms with Crippen LogP contribution >= 0.6 is 11.3 Å². The van der Waals surface area contributed by atoms with Crippen molar-refractivity contribution in [2.45, 2.75) is 31.7 Å². The number of carbonyl (C=O) groups is 2. The average molecular weight is 305 g/mol. The number of nitrogens with zero attached hydrogens (tertiary/aromatic N) is 1. The Hall–Kier alpha value is -2.15. The Morgan fingerprint density at radius 3 is 2.95 bits per heavy atom. The standard InChI is InChI=1S/C14H15N3O3S/c1-8(15-13(19)10-4-5-20-6-10)12(18)17-14-16-11(7-21-14)9-2-3-9/h4-9H,2-3H2,1H3,(H,15,19)(H,16,17,18)/t8-/m0/s1. The number of hydrogen-bond donors (Lipinski definition) is 2. The summed E-state index contributed by atoms with van der Waals surface area (Å²) in [5.41, 5.74) is 1.44. The Bertz CT molecular complexity index is 646. The SMILES string of the molecule is C[C@H](NC(=O)c1ccoc1)C(=O)Nc1nc(C2CC2)cs1. The van der Waals surface area contributed by atoms with Crippen LogP contribution in [-0.4, -0.2) is 22.8 Å². The highest BCUT2D eigenvalue weighted by molar-refractivity contribution is 7.13. The molecule has 2 amide bonds. The number of anilines is 1. The molecule has 1 atom stereocenters. The fraction of sp³-hybridized carbons (Fsp3) is 0.357. The Labute approximate surface area is 125 Å². The summed E-state index contributed by atoms with van der Waals surface area (Å²) in [6, 6.07) is 0.892. The smallest absolute Gasteiger partial charge is 0.255 e. The van der Waals surface area contributed by atoms with Crippen molar-refractivity contribution in [1.29, 1.82) is 0 Å². The monoisotopic (exact) mass is 305 g/mol. The van der Waals surface area contributed by atoms with E-state index >= 15 is 0 Å². The summed E-state index contributed by atoms with van der Waals surface area (Å²) in [6.45, 7) is 1.63. The summed E-state index contributed by atoms with van der Waals surface area (Å²) in [7, 11) is 0. The number of hydrogen-bond acceptors (Lipinski definition) is 5. The molecule has 6 nitrogen and oxygen atoms in total. The van der Waals surface area contributed by atoms with Gasteiger partial charge in [-0.1, -0.05) is 0 Å². The van der Waals surface area contributed by atoms with Crippen LogP contribution in [0.25, 0.3) is 0 Å². The van der Waals surface area contributed by atoms with Crippen LogP contribution < -0.4 is 10.6 Å². The summed E-state index contributed by atoms with van der Waals surface area (Å²) in [4.78, 5) is 28.2. The highest BCUT2D eigenvalue weighted by atomic mass is 32.1. The molecule has 110 valence electrons. The predicted octanol–water partition coefficient (Wildman–Crippen LogP) is 2.37. The van der Waals surface area contributed by atoms with Crippen LogP contribution in [0.3, 0.4) is 0 Å². The fourth-order valence-corrected chi connectivity index (χ4v) is 2.66. The normalized spacial score (nSPS) is 15.5. The molecule has 0 aliphatic heterocycles. The maximum absolute atomic E-state index is 12.0. The first-order valence-corrected chi connectivity index (χ1v) is 7.61. The minimum atomic E-state index is -0.652. The van der Waals surface area contributed by atoms with E-state index in [1.807, 2.05) is 5.38 Å². The van der Waals surface area contributed by atoms with Crippen molar-refractivity contribution in [1.82, 2.24) is 10.3 Å². The maximum atomic E-state index is 12.0. The lowest BCUT2D eigenvalue weighted by Gasteiger charge is -2.12. The summed E-state index contributed by atoms with van der Waals surface area (Å²) >= 11 is 1.41. The third kappa shape index (κ3) is 3.30. The third-order valence-electron chi connectivity index (χ3n) is 3.27. The van der Waals surface area contributed by atoms with Gasteiger partial charge in [0.15, 0.2) is 5.13 Å². The van der Waals surface area contributed by atoms with Crippen molar-refractivity contribution in [3.8, 4) is 0 Å². The number of furan rings is 1. The lowest BCUT2D eigenvalue weighted by molar-refractivity contribution is -0.117. The van der Waals surface area contributed by atoms with Crippen LogP contribution in [-0.2, 0) is 4.79 Å². The molecule has 0 aromatic carbocycles. The topological polar surface area (TPSA) is 84.2 Å². The van der Waals surface area contributed by atoms with Crippen molar-refractivity contribution < 1.29 is 14.0 Å². The van der Waals surface area contributed by atoms with Gasteiger partial charge < -0.3 is 15.1 Å². The second-order valence-electron chi connectivity index (χ2n) is 5.05. The highest BCUT2D eigenvalue weighted by Gasteiger charge is 2.26. The molecule has 2 heterocycles. The van der Waals surface area contributed by atoms with Crippen LogP contribution in [0.15, 0.2) is 28.4 Å². The van der Waals surface area contributed by atoms with Crippen molar-refractivity contribution >= 4 is 28.3 Å². The molecule has 7 heteroatoms. The second kappa shape index (κ2) is 5.69. The number of amides is 2. The minimum absolute atomic E-state index is 0.288. The molecular weight excluding hydrogens is 290 g/mol. The zero-order valence-electron chi connectivity index (χ0n) is 11.5. The zero-order chi connectivity index (χ0) is 14.8. The number of rotatable bonds is 5. The van der Waals surface area contributed by atoms with E-state index in [-0.39, 0.29) is 11.8 Å². The molecule has 1 saturated carbocycles. The van der Waals surface area contributed by atoms with Crippen LogP contribution in [0.2, 0.25) is 0 Å². The van der Waals surface area contributed by atoms with Crippen molar-refractivity contribution in [3.63, 3.8) is 0 Å². The molecule has 0 saturated heterocycles. The first kappa shape index (κ1) is 13.8. The van der Waals surface area contributed by atoms with E-state index < -0.39 is 6.04 Å². The summed E-state index contributed by atoms with van der Waals surface area (Å²) < 4.78 is 4.83. The van der Waals surface area contributed by atoms with E-state index in [1.165, 1.54) is 36.7 Å². The van der Waals surface area contributed by atoms with Crippen LogP contribution in [0.5, 0.6) is 0 Å². The average Bonchev–Trinajstić information content (AvgIpc) is 2.99. The molecule has 1 aliphatic rings. The van der Waals surface area contributed by atoms with Gasteiger partial charge in [-0.15, -0.1) is 11.3 Å². The third-order valence-corrected chi connectivity index (χ3v) is 4.05. The second-order valence-corrected chi connectivity index (χ2v) is 5.91. The molecular formula is C14H15N3O3S. The van der Waals surface area contributed by atoms with Gasteiger partial charge in [0.05, 0.1) is 17.5 Å². The van der Waals surface area contributed by atoms with E-state index in [1.54, 1.807) is 13.0 Å². The van der Waals surface area contributed by atoms with E-state index in [0.29, 0.717) is 16.6 Å². The number of nitrogens with one attached hydrogen (secondary N) is 2. The van der Waals surface area contributed by atoms with Crippen molar-refractivity contribution in [3.05, 3.63) is 35.2 Å². The molecule has 0 spiro atoms. The first-order chi connectivity index (χ1) is 10.1. The number of thiazole rings is 1. The van der Waals surface area contributed by atoms with Gasteiger partial charge in [-0.05, 0) is 25.8 Å². The van der Waals surface area contributed by atoms with Crippen LogP contribution in [0.4, 0.5) is 5.13 Å². The highest BCUT2D eigenvalue weighted by Crippen LogP contribution is 2.40. The quantitative estimate of drug-likeness (QED) is 0.888. The Kier molecular flexibility index (Phi) is 3.74. The molecule has 2 aromatic rings. The number of aromatic nitrogens is 1. The van der Waals surface area contributed by atoms with Crippen LogP contribution in [0, 0.1) is 0 Å². The predicted molar refractivity (Wildman–Crippen MR) is 78.4 cm³/mol. The number of carbonyl (C=O) groups excluding carboxylic acids is 2. The van der Waals surface area contributed by atoms with E-state index in [0.717, 1.165) is 5.69 Å². The first-order valence-electron chi connectivity index (χ1n) is 6.73. The van der Waals surface area contributed by atoms with E-state index in [9.17, 15) is 9.59 Å². The molecule has 3 rings (SSSR count). The van der Waals surface area contributed by atoms with Gasteiger partial charge in [0.25, 0.3) is 5.91 Å². The lowest BCUT2D eigenvalue weighted by atomic mass is 10.2. The van der Waals surface area contributed by atoms with Gasteiger partial charge >= 0.3 is 0 Å². The molecule has 21 heavy (non-hydrogen) atoms. The van der Waals surface area contributed by atoms with Crippen LogP contribution in [0.1, 0.15) is 41.7 Å². The molecule has 0 radical (unpaired) electrons. The maximum Gasteiger partial charge on any atom is 0.255 e. The van der Waals surface area contributed by atoms with Gasteiger partial charge in [-0.25, -0.2) is 4.98 Å². The van der Waals surface area contributed by atoms with Gasteiger partial charge in [-0.2, -0.15) is 0 Å². The molecule has 1 aliphatic carbocycles. The molecule has 1 fully saturated rings. The Balaban J connectivity index is 1.55. The lowest BCUT2D eigenvalue weighted by Crippen LogP contribution is -2.41. The minimum Gasteiger partial charge on any atom is -0.472 e. The molecule has 0 unspecified atom stereocenters. The van der Waals surface area contributed by atoms with Gasteiger partial charge in [0.1, 0.15) is 12.3 Å². The Morgan fingerprint density at radius 2 is 2.29 bits per heavy atom. The summed E-state index contributed by atoms with van der Waals surface area (Å²) in [5.74, 6) is -0.0714. The van der Waals surface area contributed by atoms with Crippen molar-refractivity contribution in [2.24, 2.45) is 0 Å². The van der Waals surface area contributed by atoms with Crippen molar-refractivity contribution in [2.75, 3.05) is 5.32 Å². The fourth-order valence-electron chi connectivity index (χ4n) is 1.86. The zero-order valence-corrected chi connectivity index (χ0v) is 12.3. The Morgan fingerprint density at radius 1 is 1.48 bits per heavy atom. The van der Waals surface area contributed by atoms with E-state index in [4.69, 9.17) is 4.42 Å². The molecule has 2 aromatic heterocycles. The largest absolute Gasteiger partial charge is 0.472 e. The van der Waals surface area contributed by atoms with E-state index in [2.05, 4.69) is 15.6 Å². The van der Waals surface area contributed by atoms with Gasteiger partial charge in [0.2, 0.25) is 5.91 Å². The van der Waals surface area contributed by atoms with Gasteiger partial charge in [-0.3, -0.25) is 9.59 Å². The van der Waals surface area contributed by atoms with Gasteiger partial charge in [0, 0.05) is 11.3 Å². The molecule has 0 bridgehead atoms. The summed E-state index contributed by atoms with van der Waals surface area (Å²) in [5, 5.41) is 7.89. The molecule has 2 N–H and O–H groups in total. The summed E-state index contributed by atoms with van der Waals surface area (Å²) in [6.07, 6.45) is 5.10.